The van der Waals surface area contributed by atoms with E-state index in [1.807, 2.05) is 0 Å². The molecule has 1 aromatic carbocycles. The van der Waals surface area contributed by atoms with Crippen LogP contribution in [-0.2, 0) is 0 Å². The molecule has 0 saturated carbocycles. The molecule has 0 heterocycles. The summed E-state index contributed by atoms with van der Waals surface area (Å²) in [7, 11) is 1.42. The van der Waals surface area contributed by atoms with Crippen LogP contribution in [0.3, 0.4) is 0 Å². The van der Waals surface area contributed by atoms with E-state index in [0.29, 0.717) is 5.75 Å². The number of halogens is 4. The van der Waals surface area contributed by atoms with Crippen LogP contribution in [0.4, 0.5) is 28.9 Å². The molecule has 0 bridgehead atoms. The zero-order valence-electron chi connectivity index (χ0n) is 9.01. The first-order valence-electron chi connectivity index (χ1n) is 4.70. The van der Waals surface area contributed by atoms with Gasteiger partial charge in [-0.3, -0.25) is 0 Å². The zero-order chi connectivity index (χ0) is 13.1. The van der Waals surface area contributed by atoms with Gasteiger partial charge in [0.15, 0.2) is 0 Å². The predicted molar refractivity (Wildman–Crippen MR) is 56.8 cm³/mol. The SMILES string of the molecule is COc1ccc(NCC(F)(F)C(F)F)c(N)c1. The van der Waals surface area contributed by atoms with Crippen molar-refractivity contribution in [2.45, 2.75) is 12.3 Å². The van der Waals surface area contributed by atoms with Gasteiger partial charge in [0.1, 0.15) is 5.75 Å². The van der Waals surface area contributed by atoms with Gasteiger partial charge in [-0.05, 0) is 12.1 Å². The van der Waals surface area contributed by atoms with Crippen LogP contribution >= 0.6 is 0 Å². The number of rotatable bonds is 5. The molecule has 0 aliphatic heterocycles. The van der Waals surface area contributed by atoms with Crippen molar-refractivity contribution in [1.82, 2.24) is 0 Å². The lowest BCUT2D eigenvalue weighted by molar-refractivity contribution is -0.117. The van der Waals surface area contributed by atoms with Gasteiger partial charge in [-0.2, -0.15) is 8.78 Å². The molecule has 0 aromatic heterocycles. The zero-order valence-corrected chi connectivity index (χ0v) is 9.01. The van der Waals surface area contributed by atoms with Crippen LogP contribution in [0.25, 0.3) is 0 Å². The maximum atomic E-state index is 12.6. The van der Waals surface area contributed by atoms with E-state index in [1.54, 1.807) is 0 Å². The van der Waals surface area contributed by atoms with Crippen LogP contribution in [0.1, 0.15) is 0 Å². The largest absolute Gasteiger partial charge is 0.497 e. The number of methoxy groups -OCH3 is 1. The number of hydrogen-bond donors (Lipinski definition) is 2. The highest BCUT2D eigenvalue weighted by molar-refractivity contribution is 5.68. The molecular formula is C10H12F4N2O. The molecule has 1 aromatic rings. The van der Waals surface area contributed by atoms with E-state index in [2.05, 4.69) is 5.32 Å². The van der Waals surface area contributed by atoms with Crippen molar-refractivity contribution in [3.8, 4) is 5.75 Å². The molecule has 0 radical (unpaired) electrons. The molecule has 0 aliphatic carbocycles. The highest BCUT2D eigenvalue weighted by atomic mass is 19.3. The van der Waals surface area contributed by atoms with Crippen LogP contribution < -0.4 is 15.8 Å². The van der Waals surface area contributed by atoms with E-state index >= 15 is 0 Å². The highest BCUT2D eigenvalue weighted by Crippen LogP contribution is 2.27. The Morgan fingerprint density at radius 1 is 1.41 bits per heavy atom. The van der Waals surface area contributed by atoms with Gasteiger partial charge in [0, 0.05) is 6.07 Å². The molecular weight excluding hydrogens is 240 g/mol. The minimum Gasteiger partial charge on any atom is -0.497 e. The number of nitrogens with two attached hydrogens (primary N) is 1. The second-order valence-electron chi connectivity index (χ2n) is 3.37. The third kappa shape index (κ3) is 3.40. The first-order chi connectivity index (χ1) is 7.86. The average Bonchev–Trinajstić information content (AvgIpc) is 2.27. The highest BCUT2D eigenvalue weighted by Gasteiger charge is 2.40. The van der Waals surface area contributed by atoms with E-state index < -0.39 is 18.9 Å². The number of anilines is 2. The number of nitrogens with one attached hydrogen (secondary N) is 1. The molecule has 7 heteroatoms. The molecule has 0 fully saturated rings. The Morgan fingerprint density at radius 3 is 2.53 bits per heavy atom. The molecule has 3 nitrogen and oxygen atoms in total. The normalized spacial score (nSPS) is 11.6. The van der Waals surface area contributed by atoms with E-state index in [4.69, 9.17) is 10.5 Å². The van der Waals surface area contributed by atoms with Gasteiger partial charge in [0.05, 0.1) is 25.0 Å². The van der Waals surface area contributed by atoms with Crippen molar-refractivity contribution in [2.24, 2.45) is 0 Å². The Kier molecular flexibility index (Phi) is 4.03. The molecule has 17 heavy (non-hydrogen) atoms. The topological polar surface area (TPSA) is 47.3 Å². The second-order valence-corrected chi connectivity index (χ2v) is 3.37. The van der Waals surface area contributed by atoms with E-state index in [9.17, 15) is 17.6 Å². The van der Waals surface area contributed by atoms with E-state index in [0.717, 1.165) is 0 Å². The summed E-state index contributed by atoms with van der Waals surface area (Å²) < 4.78 is 53.9. The molecule has 3 N–H and O–H groups in total. The third-order valence-corrected chi connectivity index (χ3v) is 2.09. The summed E-state index contributed by atoms with van der Waals surface area (Å²) in [6.45, 7) is -1.18. The lowest BCUT2D eigenvalue weighted by Gasteiger charge is -2.17. The Bertz CT molecular complexity index is 385. The molecule has 0 saturated heterocycles. The van der Waals surface area contributed by atoms with Crippen molar-refractivity contribution in [3.63, 3.8) is 0 Å². The number of alkyl halides is 4. The van der Waals surface area contributed by atoms with Crippen LogP contribution in [0.2, 0.25) is 0 Å². The summed E-state index contributed by atoms with van der Waals surface area (Å²) in [5, 5.41) is 2.18. The third-order valence-electron chi connectivity index (χ3n) is 2.09. The summed E-state index contributed by atoms with van der Waals surface area (Å²) in [4.78, 5) is 0. The van der Waals surface area contributed by atoms with Gasteiger partial charge in [-0.25, -0.2) is 8.78 Å². The summed E-state index contributed by atoms with van der Waals surface area (Å²) in [5.74, 6) is -3.64. The Hall–Kier alpha value is -1.66. The van der Waals surface area contributed by atoms with E-state index in [-0.39, 0.29) is 11.4 Å². The molecule has 1 rings (SSSR count). The summed E-state index contributed by atoms with van der Waals surface area (Å²) in [5.41, 5.74) is 5.83. The second kappa shape index (κ2) is 5.11. The van der Waals surface area contributed by atoms with Crippen LogP contribution in [0.5, 0.6) is 5.75 Å². The van der Waals surface area contributed by atoms with Crippen LogP contribution in [0.15, 0.2) is 18.2 Å². The van der Waals surface area contributed by atoms with Gasteiger partial charge in [0.2, 0.25) is 0 Å². The summed E-state index contributed by atoms with van der Waals surface area (Å²) in [6, 6.07) is 4.28. The number of nitrogen functional groups attached to an aromatic ring is 1. The van der Waals surface area contributed by atoms with Crippen LogP contribution in [0, 0.1) is 0 Å². The fraction of sp³-hybridized carbons (Fsp3) is 0.400. The minimum absolute atomic E-state index is 0.148. The fourth-order valence-electron chi connectivity index (χ4n) is 1.12. The van der Waals surface area contributed by atoms with E-state index in [1.165, 1.54) is 25.3 Å². The van der Waals surface area contributed by atoms with Crippen molar-refractivity contribution >= 4 is 11.4 Å². The number of benzene rings is 1. The Labute approximate surface area is 95.6 Å². The van der Waals surface area contributed by atoms with Gasteiger partial charge in [-0.15, -0.1) is 0 Å². The van der Waals surface area contributed by atoms with Crippen molar-refractivity contribution in [2.75, 3.05) is 24.7 Å². The average molecular weight is 252 g/mol. The first kappa shape index (κ1) is 13.4. The Morgan fingerprint density at radius 2 is 2.06 bits per heavy atom. The maximum absolute atomic E-state index is 12.6. The standard InChI is InChI=1S/C10H12F4N2O/c1-17-6-2-3-8(7(15)4-6)16-5-10(13,14)9(11)12/h2-4,9,16H,5,15H2,1H3. The van der Waals surface area contributed by atoms with Crippen molar-refractivity contribution in [3.05, 3.63) is 18.2 Å². The molecule has 0 spiro atoms. The quantitative estimate of drug-likeness (QED) is 0.625. The first-order valence-corrected chi connectivity index (χ1v) is 4.70. The summed E-state index contributed by atoms with van der Waals surface area (Å²) in [6.07, 6.45) is -3.71. The smallest absolute Gasteiger partial charge is 0.324 e. The van der Waals surface area contributed by atoms with Crippen molar-refractivity contribution < 1.29 is 22.3 Å². The molecule has 0 atom stereocenters. The number of hydrogen-bond acceptors (Lipinski definition) is 3. The van der Waals surface area contributed by atoms with Gasteiger partial charge < -0.3 is 15.8 Å². The minimum atomic E-state index is -4.09. The van der Waals surface area contributed by atoms with Gasteiger partial charge >= 0.3 is 12.3 Å². The Balaban J connectivity index is 2.70. The molecule has 0 amide bonds. The van der Waals surface area contributed by atoms with Gasteiger partial charge in [-0.1, -0.05) is 0 Å². The lowest BCUT2D eigenvalue weighted by atomic mass is 10.2. The summed E-state index contributed by atoms with van der Waals surface area (Å²) >= 11 is 0. The van der Waals surface area contributed by atoms with Crippen LogP contribution in [-0.4, -0.2) is 26.0 Å². The molecule has 96 valence electrons. The maximum Gasteiger partial charge on any atom is 0.324 e. The number of ether oxygens (including phenoxy) is 1. The fourth-order valence-corrected chi connectivity index (χ4v) is 1.12. The monoisotopic (exact) mass is 252 g/mol. The lowest BCUT2D eigenvalue weighted by Crippen LogP contribution is -2.34. The molecule has 0 unspecified atom stereocenters. The molecule has 0 aliphatic rings. The van der Waals surface area contributed by atoms with Crippen molar-refractivity contribution in [1.29, 1.82) is 0 Å². The predicted octanol–water partition coefficient (Wildman–Crippen LogP) is 2.59. The van der Waals surface area contributed by atoms with Gasteiger partial charge in [0.25, 0.3) is 0 Å².